The Labute approximate surface area is 146 Å². The Hall–Kier alpha value is -1.57. The molecule has 2 atom stereocenters. The summed E-state index contributed by atoms with van der Waals surface area (Å²) in [6.45, 7) is 5.04. The van der Waals surface area contributed by atoms with E-state index in [2.05, 4.69) is 4.90 Å². The first kappa shape index (κ1) is 18.2. The molecule has 2 aliphatic rings. The van der Waals surface area contributed by atoms with Crippen molar-refractivity contribution >= 4 is 5.91 Å². The normalized spacial score (nSPS) is 25.2. The van der Waals surface area contributed by atoms with E-state index in [1.165, 1.54) is 6.07 Å². The summed E-state index contributed by atoms with van der Waals surface area (Å²) in [7, 11) is 0. The van der Waals surface area contributed by atoms with Crippen LogP contribution < -0.4 is 0 Å². The van der Waals surface area contributed by atoms with Gasteiger partial charge in [0.05, 0.1) is 13.2 Å². The number of likely N-dealkylation sites (tertiary alicyclic amines) is 1. The van der Waals surface area contributed by atoms with E-state index in [0.29, 0.717) is 26.3 Å². The van der Waals surface area contributed by atoms with Crippen LogP contribution in [0.1, 0.15) is 16.8 Å². The van der Waals surface area contributed by atoms with Crippen LogP contribution in [0.25, 0.3) is 0 Å². The van der Waals surface area contributed by atoms with E-state index in [-0.39, 0.29) is 29.9 Å². The summed E-state index contributed by atoms with van der Waals surface area (Å²) in [6.07, 6.45) is 0.857. The smallest absolute Gasteiger partial charge is 0.253 e. The summed E-state index contributed by atoms with van der Waals surface area (Å²) in [5, 5.41) is 9.58. The molecule has 0 spiro atoms. The Morgan fingerprint density at radius 3 is 2.56 bits per heavy atom. The van der Waals surface area contributed by atoms with Crippen LogP contribution in [0.5, 0.6) is 0 Å². The first-order valence-electron chi connectivity index (χ1n) is 8.72. The molecular weight excluding hydrogens is 330 g/mol. The van der Waals surface area contributed by atoms with Gasteiger partial charge in [-0.3, -0.25) is 9.69 Å². The van der Waals surface area contributed by atoms with E-state index in [4.69, 9.17) is 4.74 Å². The molecule has 3 rings (SSSR count). The van der Waals surface area contributed by atoms with E-state index >= 15 is 0 Å². The number of benzene rings is 1. The molecule has 0 radical (unpaired) electrons. The van der Waals surface area contributed by atoms with Crippen molar-refractivity contribution < 1.29 is 23.4 Å². The van der Waals surface area contributed by atoms with Crippen LogP contribution in [0.2, 0.25) is 0 Å². The third-order valence-electron chi connectivity index (χ3n) is 4.96. The molecule has 5 nitrogen and oxygen atoms in total. The number of nitrogens with zero attached hydrogens (tertiary/aromatic N) is 2. The van der Waals surface area contributed by atoms with Crippen molar-refractivity contribution in [3.8, 4) is 0 Å². The Bertz CT molecular complexity index is 608. The quantitative estimate of drug-likeness (QED) is 0.887. The lowest BCUT2D eigenvalue weighted by molar-refractivity contribution is 0.0130. The third kappa shape index (κ3) is 4.54. The maximum Gasteiger partial charge on any atom is 0.253 e. The minimum Gasteiger partial charge on any atom is -0.396 e. The number of hydrogen-bond donors (Lipinski definition) is 1. The molecule has 1 N–H and O–H groups in total. The second kappa shape index (κ2) is 8.21. The number of carbonyl (C=O) groups excluding carboxylic acids is 1. The number of hydrogen-bond acceptors (Lipinski definition) is 4. The number of aliphatic hydroxyl groups is 1. The molecule has 1 aromatic rings. The summed E-state index contributed by atoms with van der Waals surface area (Å²) in [6, 6.07) is 3.22. The van der Waals surface area contributed by atoms with Gasteiger partial charge in [0.25, 0.3) is 5.91 Å². The summed E-state index contributed by atoms with van der Waals surface area (Å²) < 4.78 is 31.9. The standard InChI is InChI=1S/C18H24F2N2O3/c19-16-2-1-15(8-17(16)20)18(24)22-10-13(7-14(11-22)12-23)9-21-3-5-25-6-4-21/h1-2,8,13-14,23H,3-7,9-12H2/t13-,14+/m1/s1. The predicted octanol–water partition coefficient (Wildman–Crippen LogP) is 1.37. The minimum atomic E-state index is -1.02. The first-order valence-corrected chi connectivity index (χ1v) is 8.72. The van der Waals surface area contributed by atoms with Gasteiger partial charge in [0.1, 0.15) is 0 Å². The molecule has 138 valence electrons. The molecule has 2 aliphatic heterocycles. The topological polar surface area (TPSA) is 53.0 Å². The molecule has 0 aromatic heterocycles. The molecule has 2 fully saturated rings. The summed E-state index contributed by atoms with van der Waals surface area (Å²) in [4.78, 5) is 16.7. The molecule has 0 unspecified atom stereocenters. The van der Waals surface area contributed by atoms with Crippen LogP contribution in [0.3, 0.4) is 0 Å². The molecule has 2 saturated heterocycles. The van der Waals surface area contributed by atoms with Gasteiger partial charge < -0.3 is 14.7 Å². The Morgan fingerprint density at radius 2 is 1.88 bits per heavy atom. The van der Waals surface area contributed by atoms with Crippen LogP contribution in [0.15, 0.2) is 18.2 Å². The van der Waals surface area contributed by atoms with Crippen LogP contribution in [-0.4, -0.2) is 73.4 Å². The third-order valence-corrected chi connectivity index (χ3v) is 4.96. The van der Waals surface area contributed by atoms with E-state index in [1.807, 2.05) is 0 Å². The molecule has 0 bridgehead atoms. The highest BCUT2D eigenvalue weighted by atomic mass is 19.2. The van der Waals surface area contributed by atoms with Crippen molar-refractivity contribution in [1.29, 1.82) is 0 Å². The number of ether oxygens (including phenoxy) is 1. The Morgan fingerprint density at radius 1 is 1.16 bits per heavy atom. The van der Waals surface area contributed by atoms with Gasteiger partial charge in [-0.15, -0.1) is 0 Å². The fourth-order valence-electron chi connectivity index (χ4n) is 3.71. The summed E-state index contributed by atoms with van der Waals surface area (Å²) in [5.41, 5.74) is 0.141. The number of aliphatic hydroxyl groups excluding tert-OH is 1. The average Bonchev–Trinajstić information content (AvgIpc) is 2.64. The molecule has 2 heterocycles. The molecular formula is C18H24F2N2O3. The molecule has 1 aromatic carbocycles. The van der Waals surface area contributed by atoms with E-state index in [1.54, 1.807) is 4.90 Å². The van der Waals surface area contributed by atoms with Gasteiger partial charge in [-0.1, -0.05) is 0 Å². The highest BCUT2D eigenvalue weighted by molar-refractivity contribution is 5.94. The lowest BCUT2D eigenvalue weighted by Crippen LogP contribution is -2.49. The maximum atomic E-state index is 13.4. The van der Waals surface area contributed by atoms with Crippen molar-refractivity contribution in [2.24, 2.45) is 11.8 Å². The fraction of sp³-hybridized carbons (Fsp3) is 0.611. The Balaban J connectivity index is 1.68. The Kier molecular flexibility index (Phi) is 5.98. The second-order valence-electron chi connectivity index (χ2n) is 6.90. The molecule has 1 amide bonds. The van der Waals surface area contributed by atoms with Crippen LogP contribution in [0, 0.1) is 23.5 Å². The van der Waals surface area contributed by atoms with Gasteiger partial charge in [0.2, 0.25) is 0 Å². The predicted molar refractivity (Wildman–Crippen MR) is 88.2 cm³/mol. The van der Waals surface area contributed by atoms with Gasteiger partial charge in [-0.25, -0.2) is 8.78 Å². The number of carbonyl (C=O) groups is 1. The van der Waals surface area contributed by atoms with E-state index in [9.17, 15) is 18.7 Å². The van der Waals surface area contributed by atoms with Gasteiger partial charge >= 0.3 is 0 Å². The van der Waals surface area contributed by atoms with E-state index in [0.717, 1.165) is 38.2 Å². The molecule has 0 saturated carbocycles. The summed E-state index contributed by atoms with van der Waals surface area (Å²) >= 11 is 0. The number of piperidine rings is 1. The number of morpholine rings is 1. The van der Waals surface area contributed by atoms with Crippen LogP contribution in [0.4, 0.5) is 8.78 Å². The number of rotatable bonds is 4. The van der Waals surface area contributed by atoms with Crippen molar-refractivity contribution in [3.05, 3.63) is 35.4 Å². The number of halogens is 2. The average molecular weight is 354 g/mol. The van der Waals surface area contributed by atoms with Gasteiger partial charge in [-0.05, 0) is 36.5 Å². The first-order chi connectivity index (χ1) is 12.1. The zero-order chi connectivity index (χ0) is 17.8. The lowest BCUT2D eigenvalue weighted by atomic mass is 9.88. The molecule has 7 heteroatoms. The lowest BCUT2D eigenvalue weighted by Gasteiger charge is -2.40. The van der Waals surface area contributed by atoms with Crippen molar-refractivity contribution in [1.82, 2.24) is 9.80 Å². The zero-order valence-electron chi connectivity index (χ0n) is 14.2. The van der Waals surface area contributed by atoms with Gasteiger partial charge in [0, 0.05) is 44.9 Å². The monoisotopic (exact) mass is 354 g/mol. The van der Waals surface area contributed by atoms with E-state index < -0.39 is 11.6 Å². The van der Waals surface area contributed by atoms with Crippen molar-refractivity contribution in [2.75, 3.05) is 52.5 Å². The van der Waals surface area contributed by atoms with Gasteiger partial charge in [0.15, 0.2) is 11.6 Å². The maximum absolute atomic E-state index is 13.4. The fourth-order valence-corrected chi connectivity index (χ4v) is 3.71. The van der Waals surface area contributed by atoms with Crippen molar-refractivity contribution in [3.63, 3.8) is 0 Å². The van der Waals surface area contributed by atoms with Crippen LogP contribution in [-0.2, 0) is 4.74 Å². The van der Waals surface area contributed by atoms with Crippen LogP contribution >= 0.6 is 0 Å². The highest BCUT2D eigenvalue weighted by Gasteiger charge is 2.31. The largest absolute Gasteiger partial charge is 0.396 e. The second-order valence-corrected chi connectivity index (χ2v) is 6.90. The minimum absolute atomic E-state index is 0.00837. The van der Waals surface area contributed by atoms with Gasteiger partial charge in [-0.2, -0.15) is 0 Å². The highest BCUT2D eigenvalue weighted by Crippen LogP contribution is 2.25. The molecule has 0 aliphatic carbocycles. The number of amides is 1. The van der Waals surface area contributed by atoms with Crippen molar-refractivity contribution in [2.45, 2.75) is 6.42 Å². The SMILES string of the molecule is O=C(c1ccc(F)c(F)c1)N1C[C@@H](CN2CCOCC2)C[C@H](CO)C1. The molecule has 25 heavy (non-hydrogen) atoms. The zero-order valence-corrected chi connectivity index (χ0v) is 14.2. The summed E-state index contributed by atoms with van der Waals surface area (Å²) in [5.74, 6) is -2.05.